The smallest absolute Gasteiger partial charge is 0.142 e. The molecule has 0 radical (unpaired) electrons. The lowest BCUT2D eigenvalue weighted by molar-refractivity contribution is -0.104. The summed E-state index contributed by atoms with van der Waals surface area (Å²) in [6, 6.07) is 0. The van der Waals surface area contributed by atoms with Crippen molar-refractivity contribution in [1.29, 1.82) is 0 Å². The largest absolute Gasteiger partial charge is 0.393 e. The highest BCUT2D eigenvalue weighted by atomic mass is 16.3. The van der Waals surface area contributed by atoms with Gasteiger partial charge in [-0.25, -0.2) is 0 Å². The summed E-state index contributed by atoms with van der Waals surface area (Å²) in [7, 11) is 0. The van der Waals surface area contributed by atoms with Gasteiger partial charge >= 0.3 is 0 Å². The Bertz CT molecular complexity index is 118. The summed E-state index contributed by atoms with van der Waals surface area (Å²) in [5.74, 6) is 0.0789. The number of allylic oxidation sites excluding steroid dienone is 1. The maximum absolute atomic E-state index is 9.85. The summed E-state index contributed by atoms with van der Waals surface area (Å²) in [4.78, 5) is 9.85. The lowest BCUT2D eigenvalue weighted by Gasteiger charge is -2.11. The molecule has 0 aromatic carbocycles. The van der Waals surface area contributed by atoms with Crippen LogP contribution in [0.3, 0.4) is 0 Å². The van der Waals surface area contributed by atoms with Crippen LogP contribution >= 0.6 is 0 Å². The van der Waals surface area contributed by atoms with E-state index in [0.29, 0.717) is 0 Å². The Hall–Kier alpha value is -0.630. The fourth-order valence-corrected chi connectivity index (χ4v) is 0.721. The minimum atomic E-state index is -0.323. The Morgan fingerprint density at radius 3 is 2.60 bits per heavy atom. The molecule has 58 valence electrons. The zero-order valence-electron chi connectivity index (χ0n) is 6.45. The Labute approximate surface area is 61.6 Å². The molecule has 0 heterocycles. The minimum Gasteiger partial charge on any atom is -0.393 e. The van der Waals surface area contributed by atoms with E-state index in [0.717, 1.165) is 12.7 Å². The number of carbonyl (C=O) groups excluding carboxylic acids is 1. The van der Waals surface area contributed by atoms with Crippen molar-refractivity contribution in [3.05, 3.63) is 12.2 Å². The third kappa shape index (κ3) is 3.41. The Balaban J connectivity index is 3.70. The molecule has 0 aliphatic heterocycles. The zero-order chi connectivity index (χ0) is 7.98. The molecule has 0 spiro atoms. The fraction of sp³-hybridized carbons (Fsp3) is 0.625. The molecule has 0 aliphatic carbocycles. The molecule has 0 amide bonds. The number of aliphatic hydroxyl groups excluding tert-OH is 1. The van der Waals surface area contributed by atoms with E-state index in [-0.39, 0.29) is 12.0 Å². The van der Waals surface area contributed by atoms with Crippen molar-refractivity contribution in [1.82, 2.24) is 0 Å². The third-order valence-corrected chi connectivity index (χ3v) is 1.52. The normalized spacial score (nSPS) is 17.1. The number of rotatable bonds is 4. The molecule has 0 aromatic rings. The van der Waals surface area contributed by atoms with E-state index in [9.17, 15) is 9.90 Å². The molecule has 1 N–H and O–H groups in total. The lowest BCUT2D eigenvalue weighted by atomic mass is 10.0. The van der Waals surface area contributed by atoms with Crippen LogP contribution < -0.4 is 0 Å². The number of hydrogen-bond acceptors (Lipinski definition) is 2. The summed E-state index contributed by atoms with van der Waals surface area (Å²) in [6.45, 7) is 3.80. The van der Waals surface area contributed by atoms with Crippen LogP contribution in [0.2, 0.25) is 0 Å². The third-order valence-electron chi connectivity index (χ3n) is 1.52. The highest BCUT2D eigenvalue weighted by Crippen LogP contribution is 2.06. The second-order valence-electron chi connectivity index (χ2n) is 2.36. The van der Waals surface area contributed by atoms with Crippen LogP contribution in [0.1, 0.15) is 20.3 Å². The molecular formula is C8H14O2. The van der Waals surface area contributed by atoms with Gasteiger partial charge < -0.3 is 5.11 Å². The molecule has 0 unspecified atom stereocenters. The van der Waals surface area contributed by atoms with Crippen molar-refractivity contribution in [2.24, 2.45) is 5.92 Å². The first-order valence-electron chi connectivity index (χ1n) is 3.52. The van der Waals surface area contributed by atoms with E-state index >= 15 is 0 Å². The van der Waals surface area contributed by atoms with Crippen LogP contribution in [0.5, 0.6) is 0 Å². The highest BCUT2D eigenvalue weighted by Gasteiger charge is 2.06. The van der Waals surface area contributed by atoms with Gasteiger partial charge in [-0.05, 0) is 12.5 Å². The SMILES string of the molecule is CC[C@@H](O)[C@@H](C)/C=C\C=O. The molecular weight excluding hydrogens is 128 g/mol. The molecule has 0 fully saturated rings. The van der Waals surface area contributed by atoms with Gasteiger partial charge in [-0.2, -0.15) is 0 Å². The lowest BCUT2D eigenvalue weighted by Crippen LogP contribution is -2.13. The summed E-state index contributed by atoms with van der Waals surface area (Å²) in [5, 5.41) is 9.19. The number of hydrogen-bond donors (Lipinski definition) is 1. The van der Waals surface area contributed by atoms with E-state index < -0.39 is 0 Å². The van der Waals surface area contributed by atoms with Gasteiger partial charge in [-0.15, -0.1) is 0 Å². The Morgan fingerprint density at radius 2 is 2.20 bits per heavy atom. The van der Waals surface area contributed by atoms with Gasteiger partial charge in [-0.3, -0.25) is 4.79 Å². The number of aliphatic hydroxyl groups is 1. The van der Waals surface area contributed by atoms with E-state index in [4.69, 9.17) is 0 Å². The van der Waals surface area contributed by atoms with Gasteiger partial charge in [0.05, 0.1) is 6.10 Å². The van der Waals surface area contributed by atoms with Crippen molar-refractivity contribution < 1.29 is 9.90 Å². The predicted octanol–water partition coefficient (Wildman–Crippen LogP) is 1.15. The van der Waals surface area contributed by atoms with Crippen molar-refractivity contribution >= 4 is 6.29 Å². The predicted molar refractivity (Wildman–Crippen MR) is 40.7 cm³/mol. The summed E-state index contributed by atoms with van der Waals surface area (Å²) >= 11 is 0. The Kier molecular flexibility index (Phi) is 4.85. The number of carbonyl (C=O) groups is 1. The van der Waals surface area contributed by atoms with Crippen molar-refractivity contribution in [3.63, 3.8) is 0 Å². The second-order valence-corrected chi connectivity index (χ2v) is 2.36. The second kappa shape index (κ2) is 5.18. The molecule has 0 aliphatic rings. The van der Waals surface area contributed by atoms with Crippen LogP contribution in [0.4, 0.5) is 0 Å². The van der Waals surface area contributed by atoms with Crippen LogP contribution in [-0.2, 0) is 4.79 Å². The molecule has 0 saturated heterocycles. The van der Waals surface area contributed by atoms with E-state index in [2.05, 4.69) is 0 Å². The molecule has 0 aromatic heterocycles. The Morgan fingerprint density at radius 1 is 1.60 bits per heavy atom. The van der Waals surface area contributed by atoms with Crippen molar-refractivity contribution in [2.75, 3.05) is 0 Å². The molecule has 2 nitrogen and oxygen atoms in total. The molecule has 0 saturated carbocycles. The van der Waals surface area contributed by atoms with Crippen molar-refractivity contribution in [2.45, 2.75) is 26.4 Å². The summed E-state index contributed by atoms with van der Waals surface area (Å²) < 4.78 is 0. The van der Waals surface area contributed by atoms with Gasteiger partial charge in [0.1, 0.15) is 6.29 Å². The monoisotopic (exact) mass is 142 g/mol. The maximum Gasteiger partial charge on any atom is 0.142 e. The zero-order valence-corrected chi connectivity index (χ0v) is 6.45. The van der Waals surface area contributed by atoms with Gasteiger partial charge in [0.2, 0.25) is 0 Å². The van der Waals surface area contributed by atoms with Crippen LogP contribution in [0.15, 0.2) is 12.2 Å². The molecule has 10 heavy (non-hydrogen) atoms. The summed E-state index contributed by atoms with van der Waals surface area (Å²) in [6.07, 6.45) is 4.25. The topological polar surface area (TPSA) is 37.3 Å². The summed E-state index contributed by atoms with van der Waals surface area (Å²) in [5.41, 5.74) is 0. The van der Waals surface area contributed by atoms with E-state index in [1.54, 1.807) is 6.08 Å². The molecule has 0 rings (SSSR count). The van der Waals surface area contributed by atoms with E-state index in [1.807, 2.05) is 13.8 Å². The highest BCUT2D eigenvalue weighted by molar-refractivity contribution is 5.64. The standard InChI is InChI=1S/C8H14O2/c1-3-8(10)7(2)5-4-6-9/h4-8,10H,3H2,1-2H3/b5-4-/t7-,8+/m0/s1. The molecule has 0 bridgehead atoms. The molecule has 2 atom stereocenters. The van der Waals surface area contributed by atoms with Crippen LogP contribution in [0.25, 0.3) is 0 Å². The van der Waals surface area contributed by atoms with Gasteiger partial charge in [0.15, 0.2) is 0 Å². The van der Waals surface area contributed by atoms with Gasteiger partial charge in [0.25, 0.3) is 0 Å². The van der Waals surface area contributed by atoms with E-state index in [1.165, 1.54) is 6.08 Å². The average Bonchev–Trinajstić information content (AvgIpc) is 1.98. The average molecular weight is 142 g/mol. The van der Waals surface area contributed by atoms with Gasteiger partial charge in [0, 0.05) is 5.92 Å². The number of aldehydes is 1. The van der Waals surface area contributed by atoms with Crippen LogP contribution in [-0.4, -0.2) is 17.5 Å². The van der Waals surface area contributed by atoms with Crippen LogP contribution in [0, 0.1) is 5.92 Å². The first-order valence-corrected chi connectivity index (χ1v) is 3.52. The fourth-order valence-electron chi connectivity index (χ4n) is 0.721. The van der Waals surface area contributed by atoms with Gasteiger partial charge in [-0.1, -0.05) is 19.9 Å². The minimum absolute atomic E-state index is 0.0789. The first-order chi connectivity index (χ1) is 4.72. The molecule has 2 heteroatoms. The first kappa shape index (κ1) is 9.37. The van der Waals surface area contributed by atoms with Crippen molar-refractivity contribution in [3.8, 4) is 0 Å². The quantitative estimate of drug-likeness (QED) is 0.472. The maximum atomic E-state index is 9.85.